The second-order valence-electron chi connectivity index (χ2n) is 4.26. The third-order valence-corrected chi connectivity index (χ3v) is 3.22. The number of hydrogen-bond donors (Lipinski definition) is 2. The molecule has 0 spiro atoms. The summed E-state index contributed by atoms with van der Waals surface area (Å²) in [6.07, 6.45) is 0. The Balaban J connectivity index is 2.96. The van der Waals surface area contributed by atoms with E-state index in [1.165, 1.54) is 0 Å². The highest BCUT2D eigenvalue weighted by molar-refractivity contribution is 7.99. The van der Waals surface area contributed by atoms with Crippen molar-refractivity contribution in [3.8, 4) is 5.88 Å². The summed E-state index contributed by atoms with van der Waals surface area (Å²) in [6.45, 7) is 7.86. The standard InChI is InChI=1S/C11H18N2O2S/c1-6(2)9-10(14)12-8(13-11(9)15)5-16-7(3)4/h6-7H,5H2,1-4H3,(H2,12,13,14,15). The van der Waals surface area contributed by atoms with E-state index in [2.05, 4.69) is 23.8 Å². The molecular formula is C11H18N2O2S. The van der Waals surface area contributed by atoms with E-state index >= 15 is 0 Å². The maximum Gasteiger partial charge on any atom is 0.258 e. The van der Waals surface area contributed by atoms with E-state index in [0.29, 0.717) is 22.4 Å². The predicted octanol–water partition coefficient (Wildman–Crippen LogP) is 2.24. The van der Waals surface area contributed by atoms with Crippen molar-refractivity contribution in [3.05, 3.63) is 21.7 Å². The van der Waals surface area contributed by atoms with Gasteiger partial charge in [-0.15, -0.1) is 0 Å². The first-order valence-corrected chi connectivity index (χ1v) is 6.40. The third-order valence-electron chi connectivity index (χ3n) is 2.11. The Morgan fingerprint density at radius 1 is 1.38 bits per heavy atom. The van der Waals surface area contributed by atoms with Crippen molar-refractivity contribution in [1.29, 1.82) is 0 Å². The average molecular weight is 242 g/mol. The molecule has 0 fully saturated rings. The van der Waals surface area contributed by atoms with Crippen LogP contribution in [0.15, 0.2) is 4.79 Å². The lowest BCUT2D eigenvalue weighted by atomic mass is 10.1. The van der Waals surface area contributed by atoms with Gasteiger partial charge in [0.25, 0.3) is 5.56 Å². The normalized spacial score (nSPS) is 11.4. The lowest BCUT2D eigenvalue weighted by molar-refractivity contribution is 0.437. The second-order valence-corrected chi connectivity index (χ2v) is 5.83. The van der Waals surface area contributed by atoms with Crippen LogP contribution >= 0.6 is 11.8 Å². The Hall–Kier alpha value is -0.970. The lowest BCUT2D eigenvalue weighted by Crippen LogP contribution is -2.17. The van der Waals surface area contributed by atoms with E-state index in [0.717, 1.165) is 0 Å². The first-order chi connectivity index (χ1) is 7.41. The Labute approximate surface area is 99.5 Å². The van der Waals surface area contributed by atoms with Gasteiger partial charge >= 0.3 is 0 Å². The minimum atomic E-state index is -0.234. The summed E-state index contributed by atoms with van der Waals surface area (Å²) >= 11 is 1.67. The van der Waals surface area contributed by atoms with Gasteiger partial charge in [0.1, 0.15) is 5.82 Å². The van der Waals surface area contributed by atoms with Crippen LogP contribution in [0.25, 0.3) is 0 Å². The summed E-state index contributed by atoms with van der Waals surface area (Å²) in [5, 5.41) is 10.1. The van der Waals surface area contributed by atoms with Crippen LogP contribution in [-0.4, -0.2) is 20.3 Å². The van der Waals surface area contributed by atoms with Crippen LogP contribution in [0.3, 0.4) is 0 Å². The largest absolute Gasteiger partial charge is 0.493 e. The summed E-state index contributed by atoms with van der Waals surface area (Å²) in [5.41, 5.74) is 0.125. The van der Waals surface area contributed by atoms with Crippen LogP contribution in [0.2, 0.25) is 0 Å². The number of rotatable bonds is 4. The molecule has 0 aliphatic rings. The van der Waals surface area contributed by atoms with E-state index in [1.54, 1.807) is 11.8 Å². The van der Waals surface area contributed by atoms with Crippen molar-refractivity contribution in [2.75, 3.05) is 0 Å². The van der Waals surface area contributed by atoms with Gasteiger partial charge in [-0.1, -0.05) is 27.7 Å². The van der Waals surface area contributed by atoms with Crippen LogP contribution in [0, 0.1) is 0 Å². The molecule has 0 aromatic carbocycles. The molecule has 0 aliphatic carbocycles. The molecule has 1 rings (SSSR count). The minimum Gasteiger partial charge on any atom is -0.493 e. The topological polar surface area (TPSA) is 66.0 Å². The van der Waals surface area contributed by atoms with E-state index in [4.69, 9.17) is 0 Å². The second kappa shape index (κ2) is 5.39. The van der Waals surface area contributed by atoms with E-state index in [9.17, 15) is 9.90 Å². The molecule has 4 nitrogen and oxygen atoms in total. The molecule has 0 amide bonds. The molecule has 5 heteroatoms. The lowest BCUT2D eigenvalue weighted by Gasteiger charge is -2.09. The number of aromatic hydroxyl groups is 1. The summed E-state index contributed by atoms with van der Waals surface area (Å²) in [7, 11) is 0. The highest BCUT2D eigenvalue weighted by atomic mass is 32.2. The SMILES string of the molecule is CC(C)SCc1nc(O)c(C(C)C)c(=O)[nH]1. The van der Waals surface area contributed by atoms with Crippen LogP contribution in [0.4, 0.5) is 0 Å². The molecule has 0 radical (unpaired) electrons. The Kier molecular flexibility index (Phi) is 4.41. The third kappa shape index (κ3) is 3.27. The Bertz CT molecular complexity index is 413. The fourth-order valence-corrected chi connectivity index (χ4v) is 1.98. The number of H-pyrrole nitrogens is 1. The predicted molar refractivity (Wildman–Crippen MR) is 67.0 cm³/mol. The number of nitrogens with one attached hydrogen (secondary N) is 1. The molecule has 0 saturated heterocycles. The van der Waals surface area contributed by atoms with E-state index < -0.39 is 0 Å². The van der Waals surface area contributed by atoms with Crippen LogP contribution in [-0.2, 0) is 5.75 Å². The quantitative estimate of drug-likeness (QED) is 0.849. The van der Waals surface area contributed by atoms with Crippen LogP contribution < -0.4 is 5.56 Å². The summed E-state index contributed by atoms with van der Waals surface area (Å²) in [4.78, 5) is 18.4. The van der Waals surface area contributed by atoms with Crippen LogP contribution in [0.5, 0.6) is 5.88 Å². The number of aromatic nitrogens is 2. The van der Waals surface area contributed by atoms with Gasteiger partial charge in [0, 0.05) is 0 Å². The van der Waals surface area contributed by atoms with Crippen molar-refractivity contribution >= 4 is 11.8 Å². The highest BCUT2D eigenvalue weighted by Crippen LogP contribution is 2.20. The van der Waals surface area contributed by atoms with Gasteiger partial charge in [-0.05, 0) is 11.2 Å². The average Bonchev–Trinajstić information content (AvgIpc) is 2.12. The summed E-state index contributed by atoms with van der Waals surface area (Å²) < 4.78 is 0. The number of nitrogens with zero attached hydrogens (tertiary/aromatic N) is 1. The molecule has 1 heterocycles. The van der Waals surface area contributed by atoms with Crippen LogP contribution in [0.1, 0.15) is 45.0 Å². The van der Waals surface area contributed by atoms with Crippen molar-refractivity contribution in [3.63, 3.8) is 0 Å². The molecule has 0 atom stereocenters. The molecule has 1 aromatic rings. The zero-order valence-electron chi connectivity index (χ0n) is 10.1. The Morgan fingerprint density at radius 2 is 2.00 bits per heavy atom. The van der Waals surface area contributed by atoms with Gasteiger partial charge in [-0.25, -0.2) is 0 Å². The first kappa shape index (κ1) is 13.1. The molecule has 0 bridgehead atoms. The van der Waals surface area contributed by atoms with Gasteiger partial charge in [-0.3, -0.25) is 4.79 Å². The fraction of sp³-hybridized carbons (Fsp3) is 0.636. The van der Waals surface area contributed by atoms with Crippen molar-refractivity contribution in [1.82, 2.24) is 9.97 Å². The smallest absolute Gasteiger partial charge is 0.258 e. The molecule has 0 saturated carbocycles. The van der Waals surface area contributed by atoms with E-state index in [-0.39, 0.29) is 17.4 Å². The molecule has 0 unspecified atom stereocenters. The number of hydrogen-bond acceptors (Lipinski definition) is 4. The number of thioether (sulfide) groups is 1. The summed E-state index contributed by atoms with van der Waals surface area (Å²) in [5.74, 6) is 0.977. The highest BCUT2D eigenvalue weighted by Gasteiger charge is 2.13. The van der Waals surface area contributed by atoms with Gasteiger partial charge in [-0.2, -0.15) is 16.7 Å². The van der Waals surface area contributed by atoms with Gasteiger partial charge in [0.15, 0.2) is 0 Å². The maximum atomic E-state index is 11.7. The van der Waals surface area contributed by atoms with Gasteiger partial charge < -0.3 is 10.1 Å². The molecule has 0 aliphatic heterocycles. The van der Waals surface area contributed by atoms with Gasteiger partial charge in [0.05, 0.1) is 11.3 Å². The summed E-state index contributed by atoms with van der Waals surface area (Å²) in [6, 6.07) is 0. The van der Waals surface area contributed by atoms with Crippen molar-refractivity contribution in [2.24, 2.45) is 0 Å². The number of aromatic amines is 1. The minimum absolute atomic E-state index is 0.0250. The monoisotopic (exact) mass is 242 g/mol. The van der Waals surface area contributed by atoms with E-state index in [1.807, 2.05) is 13.8 Å². The van der Waals surface area contributed by atoms with Crippen molar-refractivity contribution in [2.45, 2.75) is 44.6 Å². The zero-order valence-corrected chi connectivity index (χ0v) is 10.9. The van der Waals surface area contributed by atoms with Crippen molar-refractivity contribution < 1.29 is 5.11 Å². The fourth-order valence-electron chi connectivity index (χ4n) is 1.35. The molecular weight excluding hydrogens is 224 g/mol. The molecule has 2 N–H and O–H groups in total. The molecule has 1 aromatic heterocycles. The Morgan fingerprint density at radius 3 is 2.44 bits per heavy atom. The molecule has 90 valence electrons. The van der Waals surface area contributed by atoms with Gasteiger partial charge in [0.2, 0.25) is 5.88 Å². The molecule has 16 heavy (non-hydrogen) atoms. The first-order valence-electron chi connectivity index (χ1n) is 5.35. The maximum absolute atomic E-state index is 11.7. The zero-order chi connectivity index (χ0) is 12.3.